The molecule has 7 rings (SSSR count). The van der Waals surface area contributed by atoms with Gasteiger partial charge >= 0.3 is 32.4 Å². The minimum atomic E-state index is 0. The molecule has 7 aromatic carbocycles. The molecule has 0 unspecified atom stereocenters. The molecule has 0 bridgehead atoms. The van der Waals surface area contributed by atoms with Crippen LogP contribution in [0.25, 0.3) is 28.3 Å². The Labute approximate surface area is 623 Å². The summed E-state index contributed by atoms with van der Waals surface area (Å²) in [6.07, 6.45) is 12.1. The summed E-state index contributed by atoms with van der Waals surface area (Å²) in [4.78, 5) is 0. The normalized spacial score (nSPS) is 9.26. The predicted octanol–water partition coefficient (Wildman–Crippen LogP) is 29.4. The molecule has 7 aromatic rings. The third-order valence-corrected chi connectivity index (χ3v) is 9.59. The van der Waals surface area contributed by atoms with Crippen molar-refractivity contribution in [3.05, 3.63) is 236 Å². The molecule has 1 radical (unpaired) electrons. The van der Waals surface area contributed by atoms with E-state index in [0.29, 0.717) is 27.1 Å². The van der Waals surface area contributed by atoms with Gasteiger partial charge < -0.3 is 18.2 Å². The minimum absolute atomic E-state index is 0. The van der Waals surface area contributed by atoms with E-state index < -0.39 is 0 Å². The number of unbranched alkanes of at least 4 members (excludes halogenated alkanes) is 2. The molecule has 0 aromatic heterocycles. The van der Waals surface area contributed by atoms with E-state index in [-0.39, 0.29) is 53.8 Å². The summed E-state index contributed by atoms with van der Waals surface area (Å²) in [7, 11) is 0. The second-order valence-corrected chi connectivity index (χ2v) is 26.2. The molecule has 0 heterocycles. The van der Waals surface area contributed by atoms with E-state index in [2.05, 4.69) is 256 Å². The van der Waals surface area contributed by atoms with Crippen molar-refractivity contribution in [3.63, 3.8) is 0 Å². The van der Waals surface area contributed by atoms with E-state index in [9.17, 15) is 0 Å². The maximum Gasteiger partial charge on any atom is 0 e. The summed E-state index contributed by atoms with van der Waals surface area (Å²) in [5.74, 6) is 0. The van der Waals surface area contributed by atoms with E-state index in [1.165, 1.54) is 74.1 Å². The molecule has 0 atom stereocenters. The zero-order chi connectivity index (χ0) is 69.8. The molecule has 0 aliphatic rings. The van der Waals surface area contributed by atoms with Crippen LogP contribution in [-0.4, -0.2) is 0 Å². The summed E-state index contributed by atoms with van der Waals surface area (Å²) in [6.45, 7) is 68.2. The fourth-order valence-electron chi connectivity index (χ4n) is 5.67. The number of hydrogen-bond donors (Lipinski definition) is 0. The van der Waals surface area contributed by atoms with Gasteiger partial charge in [-0.2, -0.15) is 60.7 Å². The van der Waals surface area contributed by atoms with Crippen molar-refractivity contribution in [2.45, 2.75) is 258 Å². The average Bonchev–Trinajstić information content (AvgIpc) is 2.50. The zero-order valence-corrected chi connectivity index (χ0v) is 75.3. The molecule has 0 aliphatic heterocycles. The predicted molar refractivity (Wildman–Crippen MR) is 401 cm³/mol. The van der Waals surface area contributed by atoms with Gasteiger partial charge in [-0.05, 0) is 56.6 Å². The van der Waals surface area contributed by atoms with Crippen LogP contribution in [0.5, 0.6) is 0 Å². The largest absolute Gasteiger partial charge is 0.226 e. The fraction of sp³-hybridized carbons (Fsp3) is 0.488. The fourth-order valence-corrected chi connectivity index (χ4v) is 5.67. The second-order valence-electron chi connectivity index (χ2n) is 26.2. The summed E-state index contributed by atoms with van der Waals surface area (Å²) in [6, 6.07) is 76.0. The van der Waals surface area contributed by atoms with E-state index in [0.717, 1.165) is 16.7 Å². The molecule has 0 amide bonds. The molecule has 0 nitrogen and oxygen atoms in total. The van der Waals surface area contributed by atoms with Crippen molar-refractivity contribution in [2.24, 2.45) is 21.7 Å². The first-order chi connectivity index (χ1) is 41.4. The van der Waals surface area contributed by atoms with Gasteiger partial charge in [0.05, 0.1) is 0 Å². The Hall–Kier alpha value is -2.55. The van der Waals surface area contributed by atoms with Gasteiger partial charge in [-0.15, -0.1) is 18.2 Å². The van der Waals surface area contributed by atoms with Crippen LogP contribution in [0, 0.1) is 46.4 Å². The van der Waals surface area contributed by atoms with Crippen LogP contribution >= 0.6 is 0 Å². The van der Waals surface area contributed by atoms with Gasteiger partial charge in [0, 0.05) is 53.8 Å². The van der Waals surface area contributed by atoms with Crippen molar-refractivity contribution < 1.29 is 86.2 Å². The molecule has 0 saturated heterocycles. The van der Waals surface area contributed by atoms with Crippen LogP contribution in [0.3, 0.4) is 0 Å². The number of benzene rings is 7. The molecular formula is C86H138W3Y-4. The molecule has 0 fully saturated rings. The van der Waals surface area contributed by atoms with Crippen molar-refractivity contribution >= 4 is 6.08 Å². The average molecular weight is 1810 g/mol. The van der Waals surface area contributed by atoms with Crippen molar-refractivity contribution in [1.82, 2.24) is 0 Å². The Balaban J connectivity index is -0.0000000982. The third kappa shape index (κ3) is 102. The molecule has 0 spiro atoms. The summed E-state index contributed by atoms with van der Waals surface area (Å²) in [5.41, 5.74) is 9.47. The molecule has 4 heteroatoms. The van der Waals surface area contributed by atoms with Gasteiger partial charge in [-0.3, -0.25) is 0 Å². The van der Waals surface area contributed by atoms with E-state index >= 15 is 0 Å². The van der Waals surface area contributed by atoms with Crippen molar-refractivity contribution in [2.75, 3.05) is 0 Å². The van der Waals surface area contributed by atoms with Crippen LogP contribution in [-0.2, 0) is 91.6 Å². The minimum Gasteiger partial charge on any atom is -0.226 e. The Morgan fingerprint density at radius 2 is 0.611 bits per heavy atom. The van der Waals surface area contributed by atoms with Crippen molar-refractivity contribution in [3.8, 4) is 22.3 Å². The first-order valence-corrected chi connectivity index (χ1v) is 44.2. The second kappa shape index (κ2) is 77.2. The van der Waals surface area contributed by atoms with Gasteiger partial charge in [0.25, 0.3) is 0 Å². The smallest absolute Gasteiger partial charge is 0 e. The first-order valence-electron chi connectivity index (χ1n) is 33.2. The molecule has 0 aliphatic carbocycles. The quantitative estimate of drug-likeness (QED) is 0.140. The third-order valence-electron chi connectivity index (χ3n) is 9.59. The van der Waals surface area contributed by atoms with Crippen LogP contribution in [0.2, 0.25) is 0 Å². The Bertz CT molecular complexity index is 2100. The monoisotopic (exact) mass is 1810 g/mol. The molecule has 0 N–H and O–H groups in total. The Morgan fingerprint density at radius 3 is 0.767 bits per heavy atom. The zero-order valence-electron chi connectivity index (χ0n) is 63.7. The van der Waals surface area contributed by atoms with Crippen LogP contribution in [0.15, 0.2) is 200 Å². The Morgan fingerprint density at radius 1 is 0.356 bits per heavy atom. The van der Waals surface area contributed by atoms with Crippen LogP contribution in [0.4, 0.5) is 0 Å². The van der Waals surface area contributed by atoms with Gasteiger partial charge in [0.15, 0.2) is 0 Å². The van der Waals surface area contributed by atoms with Gasteiger partial charge in [0.2, 0.25) is 0 Å². The number of rotatable bonds is 7. The molecule has 507 valence electrons. The summed E-state index contributed by atoms with van der Waals surface area (Å²) >= 11 is 3.33. The number of hydrogen-bond acceptors (Lipinski definition) is 0. The first kappa shape index (κ1) is 109. The van der Waals surface area contributed by atoms with Crippen LogP contribution in [0.1, 0.15) is 263 Å². The van der Waals surface area contributed by atoms with Crippen LogP contribution < -0.4 is 0 Å². The summed E-state index contributed by atoms with van der Waals surface area (Å²) in [5, 5.41) is 0. The standard InChI is InChI=1S/C12H10.C12H8.C10H14.C8H6.C8H18.C7H16.C6H6.2C5H12.C4H10.C3H8.3C2H6.3W.Y/c2*1-3-7-11(8-4-1)12-9-5-2-6-10-12;1-10(2,3)9-7-5-4-6-8-9;1-2-8-6-4-3-5-7-8;1-5-6-7-8(2,3)4;1-5-6-7(2,3)4;1-2-4-6-5-3-1;2*1-5(2,3)4;1-3-4-2;1-3-2;3*1-2;;;;/h1-10H;1-7,9H;4-8H,1-3H3;1-6H;5-7H2,1-4H3;5-6H2,1-4H3;1-6H;2*1-4H3;3-4H2,1-2H3;3H2,1-2H3;3*1-2H3;;;;/q;-2;;-2;;;;;;;;;;;;;;. The van der Waals surface area contributed by atoms with E-state index in [4.69, 9.17) is 6.58 Å². The van der Waals surface area contributed by atoms with E-state index in [1.54, 1.807) is 32.4 Å². The summed E-state index contributed by atoms with van der Waals surface area (Å²) < 4.78 is 0. The van der Waals surface area contributed by atoms with Gasteiger partial charge in [-0.1, -0.05) is 367 Å². The van der Waals surface area contributed by atoms with Gasteiger partial charge in [0.1, 0.15) is 0 Å². The van der Waals surface area contributed by atoms with Crippen molar-refractivity contribution in [1.29, 1.82) is 0 Å². The Kier molecular flexibility index (Phi) is 93.4. The molecule has 90 heavy (non-hydrogen) atoms. The topological polar surface area (TPSA) is 0 Å². The maximum absolute atomic E-state index is 5.19. The maximum atomic E-state index is 5.19. The van der Waals surface area contributed by atoms with Gasteiger partial charge in [-0.25, -0.2) is 23.3 Å². The van der Waals surface area contributed by atoms with E-state index in [1.807, 2.05) is 163 Å². The molecule has 0 saturated carbocycles. The SMILES string of the molecule is CC.CC.CC.CC(C)(C)C.CC(C)(C)C.CC(C)(C)c1ccccc1.CCC.CCCC.CCCC(C)(C)C.CCCCC(C)(C)C.[CH-]=Cc1[c-]cccc1.[W].[W]=[W].[Y].[c-]1ccccc1-c1[c-]cccc1.c1ccc(-c2ccccc2)cc1.c1ccccc1. The molecular weight excluding hydrogens is 1670 g/mol.